The minimum atomic E-state index is -5.76. The van der Waals surface area contributed by atoms with Crippen LogP contribution in [0.1, 0.15) is 82.4 Å². The van der Waals surface area contributed by atoms with Gasteiger partial charge >= 0.3 is 35.2 Å². The highest BCUT2D eigenvalue weighted by Gasteiger charge is 2.44. The van der Waals surface area contributed by atoms with E-state index in [4.69, 9.17) is 20.3 Å². The van der Waals surface area contributed by atoms with Crippen LogP contribution in [0.25, 0.3) is 6.08 Å². The number of aromatic nitrogens is 2. The highest BCUT2D eigenvalue weighted by Crippen LogP contribution is 2.66. The summed E-state index contributed by atoms with van der Waals surface area (Å²) < 4.78 is 52.6. The molecule has 5 amide bonds. The van der Waals surface area contributed by atoms with Gasteiger partial charge in [0, 0.05) is 68.1 Å². The van der Waals surface area contributed by atoms with Gasteiger partial charge in [0.1, 0.15) is 18.1 Å². The summed E-state index contributed by atoms with van der Waals surface area (Å²) >= 11 is 1.86. The van der Waals surface area contributed by atoms with Gasteiger partial charge in [0.2, 0.25) is 17.7 Å². The minimum absolute atomic E-state index is 0.0104. The Kier molecular flexibility index (Phi) is 19.4. The Labute approximate surface area is 354 Å². The number of carbonyl (C=O) groups is 4. The molecule has 344 valence electrons. The van der Waals surface area contributed by atoms with E-state index in [2.05, 4.69) is 44.7 Å². The van der Waals surface area contributed by atoms with Crippen molar-refractivity contribution in [2.45, 2.75) is 106 Å². The van der Waals surface area contributed by atoms with Gasteiger partial charge in [-0.15, -0.1) is 0 Å². The molecule has 8 atom stereocenters. The predicted octanol–water partition coefficient (Wildman–Crippen LogP) is 0.245. The van der Waals surface area contributed by atoms with E-state index in [1.807, 2.05) is 11.8 Å². The van der Waals surface area contributed by atoms with E-state index in [9.17, 15) is 52.6 Å². The number of nitrogens with zero attached hydrogens (tertiary/aromatic N) is 2. The number of nitrogens with two attached hydrogens (primary N) is 1. The van der Waals surface area contributed by atoms with Crippen LogP contribution >= 0.6 is 35.2 Å². The molecule has 0 saturated carbocycles. The number of thioether (sulfide) groups is 1. The highest BCUT2D eigenvalue weighted by molar-refractivity contribution is 8.00. The van der Waals surface area contributed by atoms with E-state index in [1.54, 1.807) is 0 Å². The molecule has 29 heteroatoms. The van der Waals surface area contributed by atoms with Crippen molar-refractivity contribution in [2.75, 3.05) is 37.7 Å². The lowest BCUT2D eigenvalue weighted by Gasteiger charge is -2.19. The van der Waals surface area contributed by atoms with Crippen molar-refractivity contribution < 1.29 is 75.4 Å². The molecular weight excluding hydrogens is 893 g/mol. The second kappa shape index (κ2) is 23.5. The van der Waals surface area contributed by atoms with E-state index in [1.165, 1.54) is 18.3 Å². The number of phosphoric acid groups is 3. The first-order chi connectivity index (χ1) is 28.7. The smallest absolute Gasteiger partial charge is 0.390 e. The molecule has 3 fully saturated rings. The number of fused-ring (bicyclic) bond motifs is 1. The second-order valence-electron chi connectivity index (χ2n) is 14.3. The standard InChI is InChI=1S/C32H53N8O17P3S/c33-30-20(17-40(32(46)39-30)28-16-22(41)23(55-28)18-54-59(50,51)57-60(52,53)56-58(47,48)49)8-6-14-35-27(44)12-7-15-36-25(42)10-2-1-5-13-34-26(43)11-4-3-9-24-29-21(19-61-24)37-31(45)38-29/h6,8,17,21-24,28-29,41H,1-5,7,9-16,18-19H2,(H,34,43)(H,35,44)(H,36,42)(H,50,51)(H,52,53)(H2,33,39,46)(H2,37,38,45)(H2,47,48,49)/b8-6+. The van der Waals surface area contributed by atoms with Gasteiger partial charge in [-0.25, -0.2) is 23.3 Å². The van der Waals surface area contributed by atoms with Crippen molar-refractivity contribution in [1.29, 1.82) is 0 Å². The molecule has 1 aromatic heterocycles. The van der Waals surface area contributed by atoms with Crippen LogP contribution in [-0.2, 0) is 46.0 Å². The first-order valence-corrected chi connectivity index (χ1v) is 24.9. The average molecular weight is 947 g/mol. The Bertz CT molecular complexity index is 1940. The summed E-state index contributed by atoms with van der Waals surface area (Å²) in [5.41, 5.74) is 5.23. The maximum atomic E-state index is 12.6. The third-order valence-electron chi connectivity index (χ3n) is 9.44. The summed E-state index contributed by atoms with van der Waals surface area (Å²) in [6, 6.07) is 0.270. The van der Waals surface area contributed by atoms with Crippen LogP contribution in [-0.4, -0.2) is 120 Å². The summed E-state index contributed by atoms with van der Waals surface area (Å²) in [5, 5.41) is 25.1. The van der Waals surface area contributed by atoms with Crippen LogP contribution in [0.15, 0.2) is 17.1 Å². The lowest BCUT2D eigenvalue weighted by atomic mass is 10.0. The molecule has 1 aromatic rings. The zero-order valence-electron chi connectivity index (χ0n) is 32.9. The van der Waals surface area contributed by atoms with Crippen LogP contribution < -0.4 is 38.0 Å². The number of anilines is 1. The highest BCUT2D eigenvalue weighted by atomic mass is 32.2. The molecule has 8 unspecified atom stereocenters. The first-order valence-electron chi connectivity index (χ1n) is 19.4. The van der Waals surface area contributed by atoms with Gasteiger partial charge in [0.05, 0.1) is 24.8 Å². The number of phosphoric ester groups is 1. The third kappa shape index (κ3) is 17.8. The Morgan fingerprint density at radius 2 is 1.57 bits per heavy atom. The minimum Gasteiger partial charge on any atom is -0.390 e. The SMILES string of the molecule is Nc1nc(=O)n(C2CC(O)C(COP(=O)(O)OP(=O)(O)OP(=O)(O)O)O2)cc1/C=C/CNC(=O)CCCNC(=O)CCCCCNC(=O)CCCCC1SCC2NC(=O)NC21. The summed E-state index contributed by atoms with van der Waals surface area (Å²) in [6.07, 6.45) is 6.24. The number of amides is 5. The van der Waals surface area contributed by atoms with Crippen molar-refractivity contribution in [1.82, 2.24) is 36.1 Å². The summed E-state index contributed by atoms with van der Waals surface area (Å²) in [7, 11) is -16.8. The molecule has 12 N–H and O–H groups in total. The molecule has 3 saturated heterocycles. The number of nitrogen functional groups attached to an aromatic ring is 1. The molecule has 61 heavy (non-hydrogen) atoms. The second-order valence-corrected chi connectivity index (χ2v) is 20.0. The van der Waals surface area contributed by atoms with Crippen molar-refractivity contribution >= 4 is 70.9 Å². The van der Waals surface area contributed by atoms with Crippen LogP contribution in [0.2, 0.25) is 0 Å². The fourth-order valence-electron chi connectivity index (χ4n) is 6.53. The zero-order valence-corrected chi connectivity index (χ0v) is 36.4. The van der Waals surface area contributed by atoms with Crippen molar-refractivity contribution in [3.8, 4) is 0 Å². The summed E-state index contributed by atoms with van der Waals surface area (Å²) in [4.78, 5) is 101. The maximum Gasteiger partial charge on any atom is 0.490 e. The number of urea groups is 1. The number of aliphatic hydroxyl groups excluding tert-OH is 1. The van der Waals surface area contributed by atoms with Crippen LogP contribution in [0.4, 0.5) is 10.6 Å². The molecule has 3 aliphatic heterocycles. The monoisotopic (exact) mass is 946 g/mol. The van der Waals surface area contributed by atoms with Crippen molar-refractivity contribution in [3.63, 3.8) is 0 Å². The van der Waals surface area contributed by atoms with E-state index in [0.717, 1.165) is 42.4 Å². The molecule has 3 aliphatic rings. The third-order valence-corrected chi connectivity index (χ3v) is 14.8. The average Bonchev–Trinajstić information content (AvgIpc) is 3.83. The van der Waals surface area contributed by atoms with E-state index in [0.29, 0.717) is 44.0 Å². The van der Waals surface area contributed by atoms with Gasteiger partial charge in [-0.2, -0.15) is 25.4 Å². The van der Waals surface area contributed by atoms with E-state index in [-0.39, 0.29) is 66.6 Å². The van der Waals surface area contributed by atoms with Crippen molar-refractivity contribution in [3.05, 3.63) is 28.3 Å². The van der Waals surface area contributed by atoms with Crippen LogP contribution in [0, 0.1) is 0 Å². The summed E-state index contributed by atoms with van der Waals surface area (Å²) in [5.74, 6) is 0.351. The number of unbranched alkanes of at least 4 members (excludes halogenated alkanes) is 3. The van der Waals surface area contributed by atoms with Crippen molar-refractivity contribution in [2.24, 2.45) is 0 Å². The first kappa shape index (κ1) is 50.4. The Morgan fingerprint density at radius 1 is 0.918 bits per heavy atom. The lowest BCUT2D eigenvalue weighted by molar-refractivity contribution is -0.122. The number of nitrogens with one attached hydrogen (secondary N) is 5. The lowest BCUT2D eigenvalue weighted by Crippen LogP contribution is -2.36. The molecule has 4 heterocycles. The molecule has 0 spiro atoms. The number of hydrogen-bond donors (Lipinski definition) is 11. The molecule has 4 rings (SSSR count). The Morgan fingerprint density at radius 3 is 2.28 bits per heavy atom. The number of hydrogen-bond acceptors (Lipinski definition) is 16. The zero-order chi connectivity index (χ0) is 44.8. The normalized spacial score (nSPS) is 24.4. The fourth-order valence-corrected chi connectivity index (χ4v) is 11.1. The molecular formula is C32H53N8O17P3S. The molecule has 25 nitrogen and oxygen atoms in total. The predicted molar refractivity (Wildman–Crippen MR) is 217 cm³/mol. The molecule has 0 bridgehead atoms. The number of ether oxygens (including phenoxy) is 1. The molecule has 0 aliphatic carbocycles. The summed E-state index contributed by atoms with van der Waals surface area (Å²) in [6.45, 7) is -0.00542. The van der Waals surface area contributed by atoms with Crippen LogP contribution in [0.5, 0.6) is 0 Å². The van der Waals surface area contributed by atoms with Gasteiger partial charge in [-0.05, 0) is 32.1 Å². The quantitative estimate of drug-likeness (QED) is 0.0337. The fraction of sp³-hybridized carbons (Fsp3) is 0.688. The number of aliphatic hydroxyl groups is 1. The molecule has 0 radical (unpaired) electrons. The van der Waals surface area contributed by atoms with E-state index < -0.39 is 54.2 Å². The number of rotatable bonds is 26. The Balaban J connectivity index is 1.04. The van der Waals surface area contributed by atoms with Gasteiger partial charge in [-0.1, -0.05) is 25.0 Å². The van der Waals surface area contributed by atoms with Gasteiger partial charge in [0.15, 0.2) is 0 Å². The van der Waals surface area contributed by atoms with Crippen LogP contribution in [0.3, 0.4) is 0 Å². The molecule has 0 aromatic carbocycles. The van der Waals surface area contributed by atoms with Gasteiger partial charge < -0.3 is 61.7 Å². The van der Waals surface area contributed by atoms with Gasteiger partial charge in [0.25, 0.3) is 0 Å². The van der Waals surface area contributed by atoms with E-state index >= 15 is 0 Å². The Hall–Kier alpha value is -3.22. The topological polar surface area (TPSA) is 379 Å². The van der Waals surface area contributed by atoms with Gasteiger partial charge in [-0.3, -0.25) is 23.5 Å². The number of carbonyl (C=O) groups excluding carboxylic acids is 4. The largest absolute Gasteiger partial charge is 0.490 e. The maximum absolute atomic E-state index is 12.6.